The van der Waals surface area contributed by atoms with Gasteiger partial charge in [0.25, 0.3) is 0 Å². The summed E-state index contributed by atoms with van der Waals surface area (Å²) in [5.41, 5.74) is 7.47. The summed E-state index contributed by atoms with van der Waals surface area (Å²) in [7, 11) is 2.21. The van der Waals surface area contributed by atoms with Gasteiger partial charge in [-0.25, -0.2) is 0 Å². The number of likely N-dealkylation sites (N-methyl/N-ethyl adjacent to an activating group) is 1. The van der Waals surface area contributed by atoms with Crippen molar-refractivity contribution in [2.45, 2.75) is 57.2 Å². The van der Waals surface area contributed by atoms with Gasteiger partial charge in [-0.1, -0.05) is 43.0 Å². The Morgan fingerprint density at radius 3 is 2.53 bits per heavy atom. The van der Waals surface area contributed by atoms with Crippen molar-refractivity contribution in [2.24, 2.45) is 5.73 Å². The van der Waals surface area contributed by atoms with Crippen LogP contribution in [0.2, 0.25) is 5.02 Å². The Balaban J connectivity index is 2.19. The van der Waals surface area contributed by atoms with Crippen LogP contribution in [0.4, 0.5) is 0 Å². The Bertz CT molecular complexity index is 399. The molecular formula is C16H25ClN2. The van der Waals surface area contributed by atoms with Gasteiger partial charge < -0.3 is 5.73 Å². The van der Waals surface area contributed by atoms with E-state index >= 15 is 0 Å². The second kappa shape index (κ2) is 6.74. The summed E-state index contributed by atoms with van der Waals surface area (Å²) in [6.07, 6.45) is 6.65. The molecule has 0 radical (unpaired) electrons. The molecule has 2 atom stereocenters. The van der Waals surface area contributed by atoms with Crippen molar-refractivity contribution >= 4 is 11.6 Å². The van der Waals surface area contributed by atoms with E-state index in [2.05, 4.69) is 31.0 Å². The van der Waals surface area contributed by atoms with Crippen molar-refractivity contribution < 1.29 is 0 Å². The third-order valence-electron chi connectivity index (χ3n) is 4.28. The van der Waals surface area contributed by atoms with Gasteiger partial charge >= 0.3 is 0 Å². The van der Waals surface area contributed by atoms with Crippen LogP contribution in [0.5, 0.6) is 0 Å². The van der Waals surface area contributed by atoms with E-state index in [0.717, 1.165) is 5.02 Å². The van der Waals surface area contributed by atoms with Gasteiger partial charge in [0.2, 0.25) is 0 Å². The maximum Gasteiger partial charge on any atom is 0.0496 e. The van der Waals surface area contributed by atoms with Gasteiger partial charge in [-0.05, 0) is 44.5 Å². The minimum atomic E-state index is 0.102. The largest absolute Gasteiger partial charge is 0.326 e. The molecule has 106 valence electrons. The third-order valence-corrected chi connectivity index (χ3v) is 4.51. The SMILES string of the molecule is CC(N)C(c1cccc(Cl)c1)N(C)C1CCCCC1. The van der Waals surface area contributed by atoms with Gasteiger partial charge in [0.15, 0.2) is 0 Å². The van der Waals surface area contributed by atoms with E-state index in [9.17, 15) is 0 Å². The molecular weight excluding hydrogens is 256 g/mol. The van der Waals surface area contributed by atoms with Gasteiger partial charge in [0.05, 0.1) is 0 Å². The number of hydrogen-bond acceptors (Lipinski definition) is 2. The quantitative estimate of drug-likeness (QED) is 0.903. The number of nitrogens with zero attached hydrogens (tertiary/aromatic N) is 1. The molecule has 2 rings (SSSR count). The Morgan fingerprint density at radius 2 is 1.95 bits per heavy atom. The van der Waals surface area contributed by atoms with Gasteiger partial charge in [-0.3, -0.25) is 4.90 Å². The van der Waals surface area contributed by atoms with Crippen molar-refractivity contribution in [3.63, 3.8) is 0 Å². The number of rotatable bonds is 4. The standard InChI is InChI=1S/C16H25ClN2/c1-12(18)16(13-7-6-8-14(17)11-13)19(2)15-9-4-3-5-10-15/h6-8,11-12,15-16H,3-5,9-10,18H2,1-2H3. The lowest BCUT2D eigenvalue weighted by atomic mass is 9.91. The monoisotopic (exact) mass is 280 g/mol. The molecule has 19 heavy (non-hydrogen) atoms. The molecule has 0 saturated heterocycles. The van der Waals surface area contributed by atoms with E-state index in [1.807, 2.05) is 12.1 Å². The summed E-state index contributed by atoms with van der Waals surface area (Å²) in [5, 5.41) is 0.792. The molecule has 2 nitrogen and oxygen atoms in total. The van der Waals surface area contributed by atoms with E-state index in [4.69, 9.17) is 17.3 Å². The number of nitrogens with two attached hydrogens (primary N) is 1. The highest BCUT2D eigenvalue weighted by Crippen LogP contribution is 2.31. The average Bonchev–Trinajstić information content (AvgIpc) is 2.39. The van der Waals surface area contributed by atoms with Crippen molar-refractivity contribution in [1.82, 2.24) is 4.90 Å². The summed E-state index contributed by atoms with van der Waals surface area (Å²) in [5.74, 6) is 0. The summed E-state index contributed by atoms with van der Waals surface area (Å²) >= 11 is 6.12. The fourth-order valence-corrected chi connectivity index (χ4v) is 3.51. The summed E-state index contributed by atoms with van der Waals surface area (Å²) in [6, 6.07) is 9.13. The minimum absolute atomic E-state index is 0.102. The molecule has 1 aromatic carbocycles. The van der Waals surface area contributed by atoms with E-state index in [0.29, 0.717) is 6.04 Å². The van der Waals surface area contributed by atoms with Gasteiger partial charge in [-0.2, -0.15) is 0 Å². The highest BCUT2D eigenvalue weighted by atomic mass is 35.5. The smallest absolute Gasteiger partial charge is 0.0496 e. The molecule has 1 fully saturated rings. The Hall–Kier alpha value is -0.570. The first-order valence-corrected chi connectivity index (χ1v) is 7.70. The zero-order valence-corrected chi connectivity index (χ0v) is 12.7. The highest BCUT2D eigenvalue weighted by Gasteiger charge is 2.28. The molecule has 0 bridgehead atoms. The minimum Gasteiger partial charge on any atom is -0.326 e. The maximum absolute atomic E-state index is 6.24. The fraction of sp³-hybridized carbons (Fsp3) is 0.625. The lowest BCUT2D eigenvalue weighted by Crippen LogP contribution is -2.43. The van der Waals surface area contributed by atoms with Crippen molar-refractivity contribution in [3.05, 3.63) is 34.9 Å². The van der Waals surface area contributed by atoms with Crippen LogP contribution in [0.3, 0.4) is 0 Å². The van der Waals surface area contributed by atoms with Crippen LogP contribution < -0.4 is 5.73 Å². The molecule has 0 amide bonds. The Labute approximate surface area is 121 Å². The fourth-order valence-electron chi connectivity index (χ4n) is 3.32. The highest BCUT2D eigenvalue weighted by molar-refractivity contribution is 6.30. The normalized spacial score (nSPS) is 20.5. The second-order valence-corrected chi connectivity index (χ2v) is 6.25. The first-order chi connectivity index (χ1) is 9.09. The number of benzene rings is 1. The Morgan fingerprint density at radius 1 is 1.26 bits per heavy atom. The topological polar surface area (TPSA) is 29.3 Å². The van der Waals surface area contributed by atoms with E-state index in [-0.39, 0.29) is 12.1 Å². The lowest BCUT2D eigenvalue weighted by molar-refractivity contribution is 0.123. The molecule has 0 aliphatic heterocycles. The summed E-state index contributed by atoms with van der Waals surface area (Å²) in [4.78, 5) is 2.47. The zero-order valence-electron chi connectivity index (χ0n) is 12.0. The molecule has 1 aromatic rings. The molecule has 1 aliphatic rings. The van der Waals surface area contributed by atoms with Crippen LogP contribution in [-0.2, 0) is 0 Å². The third kappa shape index (κ3) is 3.71. The van der Waals surface area contributed by atoms with Crippen molar-refractivity contribution in [1.29, 1.82) is 0 Å². The molecule has 1 aliphatic carbocycles. The molecule has 1 saturated carbocycles. The summed E-state index contributed by atoms with van der Waals surface area (Å²) in [6.45, 7) is 2.09. The number of hydrogen-bond donors (Lipinski definition) is 1. The van der Waals surface area contributed by atoms with E-state index < -0.39 is 0 Å². The van der Waals surface area contributed by atoms with Crippen LogP contribution in [-0.4, -0.2) is 24.0 Å². The van der Waals surface area contributed by atoms with Crippen molar-refractivity contribution in [3.8, 4) is 0 Å². The second-order valence-electron chi connectivity index (χ2n) is 5.82. The van der Waals surface area contributed by atoms with Gasteiger partial charge in [0.1, 0.15) is 0 Å². The first kappa shape index (κ1) is 14.8. The Kier molecular flexibility index (Phi) is 5.26. The van der Waals surface area contributed by atoms with Crippen LogP contribution in [0, 0.1) is 0 Å². The molecule has 0 spiro atoms. The first-order valence-electron chi connectivity index (χ1n) is 7.32. The molecule has 0 aromatic heterocycles. The van der Waals surface area contributed by atoms with E-state index in [1.165, 1.54) is 37.7 Å². The predicted molar refractivity (Wildman–Crippen MR) is 82.5 cm³/mol. The molecule has 3 heteroatoms. The molecule has 2 N–H and O–H groups in total. The zero-order chi connectivity index (χ0) is 13.8. The van der Waals surface area contributed by atoms with Crippen LogP contribution in [0.25, 0.3) is 0 Å². The van der Waals surface area contributed by atoms with Crippen molar-refractivity contribution in [2.75, 3.05) is 7.05 Å². The summed E-state index contributed by atoms with van der Waals surface area (Å²) < 4.78 is 0. The van der Waals surface area contributed by atoms with E-state index in [1.54, 1.807) is 0 Å². The number of halogens is 1. The van der Waals surface area contributed by atoms with Crippen LogP contribution in [0.15, 0.2) is 24.3 Å². The maximum atomic E-state index is 6.24. The predicted octanol–water partition coefficient (Wildman–Crippen LogP) is 3.99. The van der Waals surface area contributed by atoms with Crippen LogP contribution in [0.1, 0.15) is 50.6 Å². The average molecular weight is 281 g/mol. The molecule has 0 heterocycles. The van der Waals surface area contributed by atoms with Gasteiger partial charge in [0, 0.05) is 23.1 Å². The van der Waals surface area contributed by atoms with Gasteiger partial charge in [-0.15, -0.1) is 0 Å². The van der Waals surface area contributed by atoms with Crippen LogP contribution >= 0.6 is 11.6 Å². The molecule has 2 unspecified atom stereocenters. The lowest BCUT2D eigenvalue weighted by Gasteiger charge is -2.39.